The highest BCUT2D eigenvalue weighted by Gasteiger charge is 2.20. The van der Waals surface area contributed by atoms with Crippen LogP contribution in [-0.2, 0) is 0 Å². The van der Waals surface area contributed by atoms with Gasteiger partial charge < -0.3 is 10.5 Å². The summed E-state index contributed by atoms with van der Waals surface area (Å²) in [6, 6.07) is 9.11. The third-order valence-electron chi connectivity index (χ3n) is 3.73. The molecule has 2 atom stereocenters. The van der Waals surface area contributed by atoms with E-state index in [1.165, 1.54) is 17.7 Å². The van der Waals surface area contributed by atoms with Crippen LogP contribution >= 0.6 is 11.8 Å². The molecule has 4 heteroatoms. The zero-order valence-corrected chi connectivity index (χ0v) is 14.0. The van der Waals surface area contributed by atoms with Gasteiger partial charge >= 0.3 is 0 Å². The summed E-state index contributed by atoms with van der Waals surface area (Å²) in [5, 5.41) is 0. The third-order valence-corrected chi connectivity index (χ3v) is 4.37. The van der Waals surface area contributed by atoms with E-state index in [0.29, 0.717) is 19.2 Å². The van der Waals surface area contributed by atoms with Crippen LogP contribution < -0.4 is 10.5 Å². The fourth-order valence-corrected chi connectivity index (χ4v) is 2.87. The van der Waals surface area contributed by atoms with Crippen molar-refractivity contribution in [2.75, 3.05) is 32.2 Å². The van der Waals surface area contributed by atoms with E-state index in [9.17, 15) is 0 Å². The van der Waals surface area contributed by atoms with Gasteiger partial charge in [0, 0.05) is 18.6 Å². The highest BCUT2D eigenvalue weighted by molar-refractivity contribution is 7.98. The SMILES string of the molecule is CCOc1ccc(C(CN)N(C)C(C)CCSC)cc1. The van der Waals surface area contributed by atoms with Crippen molar-refractivity contribution in [3.05, 3.63) is 29.8 Å². The van der Waals surface area contributed by atoms with Crippen LogP contribution in [0.25, 0.3) is 0 Å². The van der Waals surface area contributed by atoms with Crippen molar-refractivity contribution in [1.82, 2.24) is 4.90 Å². The topological polar surface area (TPSA) is 38.5 Å². The van der Waals surface area contributed by atoms with Crippen LogP contribution in [0.1, 0.15) is 31.9 Å². The minimum absolute atomic E-state index is 0.266. The maximum Gasteiger partial charge on any atom is 0.119 e. The van der Waals surface area contributed by atoms with Gasteiger partial charge in [-0.3, -0.25) is 4.90 Å². The van der Waals surface area contributed by atoms with Crippen molar-refractivity contribution < 1.29 is 4.74 Å². The second-order valence-electron chi connectivity index (χ2n) is 5.05. The monoisotopic (exact) mass is 296 g/mol. The van der Waals surface area contributed by atoms with Crippen molar-refractivity contribution in [2.45, 2.75) is 32.4 Å². The molecule has 0 aromatic heterocycles. The molecule has 0 saturated heterocycles. The minimum Gasteiger partial charge on any atom is -0.494 e. The summed E-state index contributed by atoms with van der Waals surface area (Å²) in [5.74, 6) is 2.11. The van der Waals surface area contributed by atoms with E-state index in [4.69, 9.17) is 10.5 Å². The van der Waals surface area contributed by atoms with Crippen LogP contribution in [0, 0.1) is 0 Å². The predicted molar refractivity (Wildman–Crippen MR) is 89.6 cm³/mol. The molecule has 114 valence electrons. The second kappa shape index (κ2) is 9.27. The van der Waals surface area contributed by atoms with Crippen molar-refractivity contribution in [3.63, 3.8) is 0 Å². The fraction of sp³-hybridized carbons (Fsp3) is 0.625. The summed E-state index contributed by atoms with van der Waals surface area (Å²) in [7, 11) is 2.17. The van der Waals surface area contributed by atoms with E-state index in [2.05, 4.69) is 37.3 Å². The molecule has 2 N–H and O–H groups in total. The van der Waals surface area contributed by atoms with E-state index in [0.717, 1.165) is 5.75 Å². The van der Waals surface area contributed by atoms with Crippen LogP contribution in [0.5, 0.6) is 5.75 Å². The van der Waals surface area contributed by atoms with Gasteiger partial charge in [-0.15, -0.1) is 0 Å². The number of hydrogen-bond donors (Lipinski definition) is 1. The van der Waals surface area contributed by atoms with Crippen molar-refractivity contribution in [2.24, 2.45) is 5.73 Å². The lowest BCUT2D eigenvalue weighted by Gasteiger charge is -2.33. The third kappa shape index (κ3) is 5.00. The van der Waals surface area contributed by atoms with Crippen molar-refractivity contribution >= 4 is 11.8 Å². The Kier molecular flexibility index (Phi) is 8.04. The van der Waals surface area contributed by atoms with E-state index >= 15 is 0 Å². The van der Waals surface area contributed by atoms with E-state index in [1.54, 1.807) is 0 Å². The summed E-state index contributed by atoms with van der Waals surface area (Å²) in [4.78, 5) is 2.38. The number of nitrogens with two attached hydrogens (primary N) is 1. The van der Waals surface area contributed by atoms with Crippen molar-refractivity contribution in [1.29, 1.82) is 0 Å². The predicted octanol–water partition coefficient (Wildman–Crippen LogP) is 3.16. The Hall–Kier alpha value is -0.710. The number of likely N-dealkylation sites (N-methyl/N-ethyl adjacent to an activating group) is 1. The first-order chi connectivity index (χ1) is 9.63. The molecular formula is C16H28N2OS. The molecule has 0 aliphatic heterocycles. The molecular weight excluding hydrogens is 268 g/mol. The highest BCUT2D eigenvalue weighted by Crippen LogP contribution is 2.24. The van der Waals surface area contributed by atoms with E-state index in [-0.39, 0.29) is 6.04 Å². The Morgan fingerprint density at radius 3 is 2.45 bits per heavy atom. The second-order valence-corrected chi connectivity index (χ2v) is 6.04. The minimum atomic E-state index is 0.266. The number of benzene rings is 1. The normalized spacial score (nSPS) is 14.3. The van der Waals surface area contributed by atoms with Gasteiger partial charge in [-0.25, -0.2) is 0 Å². The molecule has 1 rings (SSSR count). The lowest BCUT2D eigenvalue weighted by atomic mass is 10.0. The Morgan fingerprint density at radius 1 is 1.30 bits per heavy atom. The zero-order chi connectivity index (χ0) is 15.0. The Labute approximate surface area is 127 Å². The molecule has 0 spiro atoms. The van der Waals surface area contributed by atoms with Crippen LogP contribution in [0.3, 0.4) is 0 Å². The molecule has 0 amide bonds. The summed E-state index contributed by atoms with van der Waals surface area (Å²) in [6.45, 7) is 5.60. The standard InChI is InChI=1S/C16H28N2OS/c1-5-19-15-8-6-14(7-9-15)16(12-17)18(3)13(2)10-11-20-4/h6-9,13,16H,5,10-12,17H2,1-4H3. The molecule has 3 nitrogen and oxygen atoms in total. The van der Waals surface area contributed by atoms with Crippen molar-refractivity contribution in [3.8, 4) is 5.75 Å². The van der Waals surface area contributed by atoms with E-state index < -0.39 is 0 Å². The average Bonchev–Trinajstić information content (AvgIpc) is 2.47. The maximum absolute atomic E-state index is 5.99. The quantitative estimate of drug-likeness (QED) is 0.760. The highest BCUT2D eigenvalue weighted by atomic mass is 32.2. The first kappa shape index (κ1) is 17.3. The lowest BCUT2D eigenvalue weighted by Crippen LogP contribution is -2.37. The van der Waals surface area contributed by atoms with Crippen LogP contribution in [0.15, 0.2) is 24.3 Å². The van der Waals surface area contributed by atoms with Gasteiger partial charge in [-0.2, -0.15) is 11.8 Å². The number of ether oxygens (including phenoxy) is 1. The fourth-order valence-electron chi connectivity index (χ4n) is 2.29. The molecule has 0 radical (unpaired) electrons. The van der Waals surface area contributed by atoms with Gasteiger partial charge in [0.1, 0.15) is 5.75 Å². The van der Waals surface area contributed by atoms with E-state index in [1.807, 2.05) is 30.8 Å². The first-order valence-electron chi connectivity index (χ1n) is 7.27. The lowest BCUT2D eigenvalue weighted by molar-refractivity contribution is 0.185. The molecule has 2 unspecified atom stereocenters. The summed E-state index contributed by atoms with van der Waals surface area (Å²) in [6.07, 6.45) is 3.34. The molecule has 1 aromatic carbocycles. The number of thioether (sulfide) groups is 1. The molecule has 0 aliphatic rings. The molecule has 0 aliphatic carbocycles. The number of rotatable bonds is 9. The van der Waals surface area contributed by atoms with Gasteiger partial charge in [-0.05, 0) is 57.0 Å². The van der Waals surface area contributed by atoms with Crippen LogP contribution in [-0.4, -0.2) is 43.1 Å². The maximum atomic E-state index is 5.99. The molecule has 20 heavy (non-hydrogen) atoms. The number of nitrogens with zero attached hydrogens (tertiary/aromatic N) is 1. The zero-order valence-electron chi connectivity index (χ0n) is 13.1. The molecule has 0 heterocycles. The van der Waals surface area contributed by atoms with Gasteiger partial charge in [0.15, 0.2) is 0 Å². The average molecular weight is 296 g/mol. The Bertz CT molecular complexity index is 369. The Balaban J connectivity index is 2.73. The van der Waals surface area contributed by atoms with Gasteiger partial charge in [-0.1, -0.05) is 12.1 Å². The molecule has 0 fully saturated rings. The van der Waals surface area contributed by atoms with Crippen LogP contribution in [0.4, 0.5) is 0 Å². The summed E-state index contributed by atoms with van der Waals surface area (Å²) < 4.78 is 5.49. The van der Waals surface area contributed by atoms with Gasteiger partial charge in [0.25, 0.3) is 0 Å². The molecule has 1 aromatic rings. The first-order valence-corrected chi connectivity index (χ1v) is 8.67. The number of hydrogen-bond acceptors (Lipinski definition) is 4. The van der Waals surface area contributed by atoms with Gasteiger partial charge in [0.05, 0.1) is 6.61 Å². The summed E-state index contributed by atoms with van der Waals surface area (Å²) in [5.41, 5.74) is 7.25. The van der Waals surface area contributed by atoms with Crippen LogP contribution in [0.2, 0.25) is 0 Å². The smallest absolute Gasteiger partial charge is 0.119 e. The Morgan fingerprint density at radius 2 is 1.95 bits per heavy atom. The largest absolute Gasteiger partial charge is 0.494 e. The molecule has 0 bridgehead atoms. The van der Waals surface area contributed by atoms with Gasteiger partial charge in [0.2, 0.25) is 0 Å². The summed E-state index contributed by atoms with van der Waals surface area (Å²) >= 11 is 1.90. The molecule has 0 saturated carbocycles.